The third-order valence-corrected chi connectivity index (χ3v) is 5.86. The quantitative estimate of drug-likeness (QED) is 0.816. The van der Waals surface area contributed by atoms with Gasteiger partial charge in [-0.25, -0.2) is 0 Å². The maximum absolute atomic E-state index is 12.1. The van der Waals surface area contributed by atoms with Crippen molar-refractivity contribution < 1.29 is 9.90 Å². The predicted molar refractivity (Wildman–Crippen MR) is 97.9 cm³/mol. The molecule has 1 aromatic carbocycles. The fourth-order valence-corrected chi connectivity index (χ4v) is 4.31. The molecule has 2 aromatic rings. The van der Waals surface area contributed by atoms with Gasteiger partial charge in [-0.1, -0.05) is 49.6 Å². The summed E-state index contributed by atoms with van der Waals surface area (Å²) in [5.41, 5.74) is 0.896. The van der Waals surface area contributed by atoms with E-state index in [4.69, 9.17) is 0 Å². The van der Waals surface area contributed by atoms with E-state index in [-0.39, 0.29) is 5.91 Å². The van der Waals surface area contributed by atoms with Crippen LogP contribution in [0.5, 0.6) is 0 Å². The van der Waals surface area contributed by atoms with Crippen molar-refractivity contribution >= 4 is 17.2 Å². The van der Waals surface area contributed by atoms with Crippen LogP contribution in [0.2, 0.25) is 0 Å². The van der Waals surface area contributed by atoms with Crippen LogP contribution in [0.3, 0.4) is 0 Å². The largest absolute Gasteiger partial charge is 0.383 e. The van der Waals surface area contributed by atoms with Crippen LogP contribution in [0.15, 0.2) is 42.5 Å². The van der Waals surface area contributed by atoms with E-state index in [1.54, 1.807) is 11.3 Å². The Morgan fingerprint density at radius 2 is 1.88 bits per heavy atom. The summed E-state index contributed by atoms with van der Waals surface area (Å²) in [6.45, 7) is 0.553. The molecule has 3 rings (SSSR count). The molecule has 1 aromatic heterocycles. The van der Waals surface area contributed by atoms with Gasteiger partial charge >= 0.3 is 0 Å². The summed E-state index contributed by atoms with van der Waals surface area (Å²) in [6.07, 6.45) is 6.31. The van der Waals surface area contributed by atoms with Crippen molar-refractivity contribution in [3.63, 3.8) is 0 Å². The highest BCUT2D eigenvalue weighted by atomic mass is 32.1. The molecule has 0 spiro atoms. The summed E-state index contributed by atoms with van der Waals surface area (Å²) < 4.78 is 0. The van der Waals surface area contributed by atoms with E-state index in [9.17, 15) is 9.90 Å². The first-order valence-corrected chi connectivity index (χ1v) is 9.62. The molecule has 0 radical (unpaired) electrons. The molecule has 1 saturated carbocycles. The molecule has 4 heteroatoms. The van der Waals surface area contributed by atoms with Crippen LogP contribution in [-0.2, 0) is 11.3 Å². The molecule has 0 bridgehead atoms. The van der Waals surface area contributed by atoms with Crippen LogP contribution < -0.4 is 5.32 Å². The first-order valence-electron chi connectivity index (χ1n) is 8.80. The van der Waals surface area contributed by atoms with E-state index in [1.165, 1.54) is 32.1 Å². The minimum Gasteiger partial charge on any atom is -0.383 e. The third-order valence-electron chi connectivity index (χ3n) is 4.73. The highest BCUT2D eigenvalue weighted by Gasteiger charge is 2.17. The van der Waals surface area contributed by atoms with E-state index in [1.807, 2.05) is 42.5 Å². The normalized spacial score (nSPS) is 16.7. The van der Waals surface area contributed by atoms with Gasteiger partial charge in [0, 0.05) is 16.2 Å². The highest BCUT2D eigenvalue weighted by Crippen LogP contribution is 2.29. The van der Waals surface area contributed by atoms with Crippen molar-refractivity contribution in [2.75, 3.05) is 0 Å². The molecule has 1 amide bonds. The third kappa shape index (κ3) is 4.68. The van der Waals surface area contributed by atoms with Crippen molar-refractivity contribution in [1.29, 1.82) is 0 Å². The summed E-state index contributed by atoms with van der Waals surface area (Å²) >= 11 is 1.56. The van der Waals surface area contributed by atoms with Gasteiger partial charge in [-0.3, -0.25) is 4.79 Å². The summed E-state index contributed by atoms with van der Waals surface area (Å²) in [4.78, 5) is 14.1. The van der Waals surface area contributed by atoms with Gasteiger partial charge in [-0.2, -0.15) is 0 Å². The fraction of sp³-hybridized carbons (Fsp3) is 0.450. The topological polar surface area (TPSA) is 49.3 Å². The van der Waals surface area contributed by atoms with Gasteiger partial charge in [0.25, 0.3) is 0 Å². The number of nitrogens with one attached hydrogen (secondary N) is 1. The lowest BCUT2D eigenvalue weighted by Crippen LogP contribution is -2.25. The second-order valence-electron chi connectivity index (χ2n) is 6.60. The van der Waals surface area contributed by atoms with Gasteiger partial charge in [-0.05, 0) is 36.5 Å². The van der Waals surface area contributed by atoms with Gasteiger partial charge in [0.05, 0.1) is 6.54 Å². The fourth-order valence-electron chi connectivity index (χ4n) is 3.35. The number of benzene rings is 1. The van der Waals surface area contributed by atoms with Crippen molar-refractivity contribution in [3.05, 3.63) is 57.8 Å². The molecule has 1 atom stereocenters. The summed E-state index contributed by atoms with van der Waals surface area (Å²) in [7, 11) is 0. The Kier molecular flexibility index (Phi) is 6.05. The average Bonchev–Trinajstić information content (AvgIpc) is 3.10. The van der Waals surface area contributed by atoms with E-state index < -0.39 is 6.10 Å². The van der Waals surface area contributed by atoms with E-state index >= 15 is 0 Å². The van der Waals surface area contributed by atoms with Crippen LogP contribution in [0, 0.1) is 5.92 Å². The molecule has 1 fully saturated rings. The maximum Gasteiger partial charge on any atom is 0.220 e. The lowest BCUT2D eigenvalue weighted by atomic mass is 9.87. The molecule has 3 nitrogen and oxygen atoms in total. The van der Waals surface area contributed by atoms with E-state index in [2.05, 4.69) is 5.32 Å². The number of carbonyl (C=O) groups is 1. The van der Waals surface area contributed by atoms with E-state index in [0.29, 0.717) is 18.9 Å². The number of hydrogen-bond donors (Lipinski definition) is 2. The molecule has 1 unspecified atom stereocenters. The first kappa shape index (κ1) is 17.2. The molecule has 1 heterocycles. The summed E-state index contributed by atoms with van der Waals surface area (Å²) in [5.74, 6) is 0.720. The zero-order chi connectivity index (χ0) is 16.8. The Morgan fingerprint density at radius 3 is 2.62 bits per heavy atom. The minimum absolute atomic E-state index is 0.153. The number of aliphatic hydroxyl groups is 1. The van der Waals surface area contributed by atoms with Gasteiger partial charge < -0.3 is 10.4 Å². The second-order valence-corrected chi connectivity index (χ2v) is 7.80. The van der Waals surface area contributed by atoms with Crippen LogP contribution >= 0.6 is 11.3 Å². The smallest absolute Gasteiger partial charge is 0.220 e. The van der Waals surface area contributed by atoms with Crippen molar-refractivity contribution in [1.82, 2.24) is 5.32 Å². The lowest BCUT2D eigenvalue weighted by molar-refractivity contribution is -0.122. The van der Waals surface area contributed by atoms with Crippen LogP contribution in [0.1, 0.15) is 59.9 Å². The molecular weight excluding hydrogens is 318 g/mol. The Morgan fingerprint density at radius 1 is 1.12 bits per heavy atom. The van der Waals surface area contributed by atoms with Crippen molar-refractivity contribution in [3.8, 4) is 0 Å². The van der Waals surface area contributed by atoms with Crippen molar-refractivity contribution in [2.45, 2.75) is 51.2 Å². The standard InChI is InChI=1S/C20H25NO2S/c22-19(13-15-7-3-1-4-8-15)21-14-17-11-12-18(24-17)20(23)16-9-5-2-6-10-16/h2,5-6,9-12,15,20,23H,1,3-4,7-8,13-14H2,(H,21,22). The van der Waals surface area contributed by atoms with Crippen LogP contribution in [0.25, 0.3) is 0 Å². The number of hydrogen-bond acceptors (Lipinski definition) is 3. The molecule has 0 aliphatic heterocycles. The molecule has 1 aliphatic carbocycles. The molecule has 128 valence electrons. The SMILES string of the molecule is O=C(CC1CCCCC1)NCc1ccc(C(O)c2ccccc2)s1. The second kappa shape index (κ2) is 8.45. The average molecular weight is 343 g/mol. The zero-order valence-electron chi connectivity index (χ0n) is 13.9. The molecule has 24 heavy (non-hydrogen) atoms. The summed E-state index contributed by atoms with van der Waals surface area (Å²) in [5, 5.41) is 13.5. The maximum atomic E-state index is 12.1. The molecule has 1 aliphatic rings. The lowest BCUT2D eigenvalue weighted by Gasteiger charge is -2.20. The van der Waals surface area contributed by atoms with Crippen molar-refractivity contribution in [2.24, 2.45) is 5.92 Å². The van der Waals surface area contributed by atoms with Crippen LogP contribution in [-0.4, -0.2) is 11.0 Å². The van der Waals surface area contributed by atoms with Gasteiger partial charge in [-0.15, -0.1) is 11.3 Å². The molecule has 2 N–H and O–H groups in total. The Balaban J connectivity index is 1.49. The number of thiophene rings is 1. The Labute approximate surface area is 147 Å². The van der Waals surface area contributed by atoms with Gasteiger partial charge in [0.15, 0.2) is 0 Å². The number of carbonyl (C=O) groups excluding carboxylic acids is 1. The number of aliphatic hydroxyl groups excluding tert-OH is 1. The first-order chi connectivity index (χ1) is 11.7. The minimum atomic E-state index is -0.595. The zero-order valence-corrected chi connectivity index (χ0v) is 14.7. The Bertz CT molecular complexity index is 647. The van der Waals surface area contributed by atoms with Gasteiger partial charge in [0.1, 0.15) is 6.10 Å². The van der Waals surface area contributed by atoms with Gasteiger partial charge in [0.2, 0.25) is 5.91 Å². The van der Waals surface area contributed by atoms with Crippen LogP contribution in [0.4, 0.5) is 0 Å². The molecular formula is C20H25NO2S. The predicted octanol–water partition coefficient (Wildman–Crippen LogP) is 4.42. The number of amides is 1. The Hall–Kier alpha value is -1.65. The highest BCUT2D eigenvalue weighted by molar-refractivity contribution is 7.12. The van der Waals surface area contributed by atoms with E-state index in [0.717, 1.165) is 15.3 Å². The number of rotatable bonds is 6. The summed E-state index contributed by atoms with van der Waals surface area (Å²) in [6, 6.07) is 13.6. The molecule has 0 saturated heterocycles. The monoisotopic (exact) mass is 343 g/mol.